The third-order valence-electron chi connectivity index (χ3n) is 4.00. The molecule has 21 heavy (non-hydrogen) atoms. The minimum atomic E-state index is 0.753. The van der Waals surface area contributed by atoms with Crippen molar-refractivity contribution in [2.45, 2.75) is 0 Å². The van der Waals surface area contributed by atoms with Gasteiger partial charge < -0.3 is 15.6 Å². The summed E-state index contributed by atoms with van der Waals surface area (Å²) in [7, 11) is 2.08. The van der Waals surface area contributed by atoms with Crippen LogP contribution in [-0.4, -0.2) is 23.6 Å². The van der Waals surface area contributed by atoms with Crippen LogP contribution in [0.4, 0.5) is 5.69 Å². The molecule has 0 unspecified atom stereocenters. The summed E-state index contributed by atoms with van der Waals surface area (Å²) in [4.78, 5) is 10.2. The van der Waals surface area contributed by atoms with Gasteiger partial charge in [-0.15, -0.1) is 0 Å². The molecule has 0 bridgehead atoms. The Kier molecular flexibility index (Phi) is 2.51. The summed E-state index contributed by atoms with van der Waals surface area (Å²) in [6, 6.07) is 16.2. The van der Waals surface area contributed by atoms with E-state index in [1.165, 1.54) is 0 Å². The lowest BCUT2D eigenvalue weighted by atomic mass is 9.99. The molecule has 4 rings (SSSR count). The van der Waals surface area contributed by atoms with Crippen molar-refractivity contribution in [3.63, 3.8) is 0 Å². The van der Waals surface area contributed by atoms with Gasteiger partial charge in [-0.3, -0.25) is 0 Å². The van der Waals surface area contributed by atoms with Gasteiger partial charge in [-0.05, 0) is 18.2 Å². The van der Waals surface area contributed by atoms with Gasteiger partial charge in [0.2, 0.25) is 0 Å². The first-order valence-corrected chi connectivity index (χ1v) is 6.98. The summed E-state index contributed by atoms with van der Waals surface area (Å²) in [6.07, 6.45) is 0. The van der Waals surface area contributed by atoms with Crippen LogP contribution in [0.1, 0.15) is 11.4 Å². The molecule has 0 atom stereocenters. The molecule has 0 spiro atoms. The predicted octanol–water partition coefficient (Wildman–Crippen LogP) is 2.84. The van der Waals surface area contributed by atoms with Crippen molar-refractivity contribution < 1.29 is 0 Å². The van der Waals surface area contributed by atoms with E-state index < -0.39 is 0 Å². The predicted molar refractivity (Wildman–Crippen MR) is 86.8 cm³/mol. The second-order valence-electron chi connectivity index (χ2n) is 5.37. The Balaban J connectivity index is 1.92. The molecule has 0 radical (unpaired) electrons. The van der Waals surface area contributed by atoms with E-state index in [9.17, 15) is 0 Å². The topological polar surface area (TPSA) is 57.9 Å². The van der Waals surface area contributed by atoms with Gasteiger partial charge in [0.15, 0.2) is 0 Å². The largest absolute Gasteiger partial charge is 0.398 e. The van der Waals surface area contributed by atoms with Gasteiger partial charge in [0.1, 0.15) is 5.82 Å². The number of nitrogens with zero attached hydrogens (tertiary/aromatic N) is 2. The number of rotatable bonds is 1. The molecule has 3 N–H and O–H groups in total. The van der Waals surface area contributed by atoms with Crippen LogP contribution in [0.5, 0.6) is 0 Å². The van der Waals surface area contributed by atoms with E-state index in [-0.39, 0.29) is 0 Å². The molecule has 0 aliphatic carbocycles. The number of aromatic nitrogens is 2. The average molecular weight is 276 g/mol. The molecule has 1 aliphatic heterocycles. The molecule has 1 aromatic heterocycles. The van der Waals surface area contributed by atoms with Crippen molar-refractivity contribution >= 4 is 28.0 Å². The summed E-state index contributed by atoms with van der Waals surface area (Å²) in [5, 5.41) is 0. The van der Waals surface area contributed by atoms with Crippen molar-refractivity contribution in [3.8, 4) is 0 Å². The molecule has 2 aromatic carbocycles. The molecule has 3 aromatic rings. The number of fused-ring (bicyclic) bond motifs is 2. The molecule has 0 saturated carbocycles. The van der Waals surface area contributed by atoms with Gasteiger partial charge in [-0.1, -0.05) is 30.3 Å². The van der Waals surface area contributed by atoms with E-state index in [0.29, 0.717) is 0 Å². The maximum absolute atomic E-state index is 6.40. The zero-order valence-corrected chi connectivity index (χ0v) is 11.8. The van der Waals surface area contributed by atoms with Gasteiger partial charge in [0.05, 0.1) is 11.0 Å². The lowest BCUT2D eigenvalue weighted by Gasteiger charge is -2.29. The lowest BCUT2D eigenvalue weighted by Crippen LogP contribution is -2.27. The van der Waals surface area contributed by atoms with Crippen molar-refractivity contribution in [2.75, 3.05) is 18.5 Å². The molecule has 4 nitrogen and oxygen atoms in total. The van der Waals surface area contributed by atoms with E-state index in [2.05, 4.69) is 34.0 Å². The van der Waals surface area contributed by atoms with Gasteiger partial charge >= 0.3 is 0 Å². The normalized spacial score (nSPS) is 14.6. The second kappa shape index (κ2) is 4.38. The molecule has 104 valence electrons. The smallest absolute Gasteiger partial charge is 0.138 e. The van der Waals surface area contributed by atoms with Crippen LogP contribution >= 0.6 is 0 Å². The van der Waals surface area contributed by atoms with E-state index >= 15 is 0 Å². The van der Waals surface area contributed by atoms with Gasteiger partial charge in [0, 0.05) is 36.1 Å². The minimum Gasteiger partial charge on any atom is -0.398 e. The lowest BCUT2D eigenvalue weighted by molar-refractivity contribution is 1.01. The molecular formula is C17H16N4. The molecule has 2 heterocycles. The Labute approximate surface area is 122 Å². The maximum Gasteiger partial charge on any atom is 0.138 e. The highest BCUT2D eigenvalue weighted by atomic mass is 15.1. The molecule has 0 saturated heterocycles. The Morgan fingerprint density at radius 1 is 1.10 bits per heavy atom. The van der Waals surface area contributed by atoms with E-state index in [1.807, 2.05) is 36.4 Å². The fourth-order valence-electron chi connectivity index (χ4n) is 2.90. The minimum absolute atomic E-state index is 0.753. The summed E-state index contributed by atoms with van der Waals surface area (Å²) in [5.74, 6) is 0.857. The number of nitrogens with two attached hydrogens (primary N) is 1. The zero-order valence-electron chi connectivity index (χ0n) is 11.8. The molecule has 4 heteroatoms. The number of benzene rings is 2. The molecule has 0 amide bonds. The first-order valence-electron chi connectivity index (χ1n) is 6.98. The monoisotopic (exact) mass is 276 g/mol. The van der Waals surface area contributed by atoms with Crippen molar-refractivity contribution in [3.05, 3.63) is 59.9 Å². The average Bonchev–Trinajstić information content (AvgIpc) is 2.94. The van der Waals surface area contributed by atoms with E-state index in [1.54, 1.807) is 0 Å². The third-order valence-corrected chi connectivity index (χ3v) is 4.00. The van der Waals surface area contributed by atoms with Gasteiger partial charge in [-0.25, -0.2) is 4.98 Å². The number of nitrogens with one attached hydrogen (secondary N) is 1. The Bertz CT molecular complexity index is 827. The summed E-state index contributed by atoms with van der Waals surface area (Å²) in [5.41, 5.74) is 12.5. The van der Waals surface area contributed by atoms with Crippen LogP contribution < -0.4 is 10.6 Å². The first kappa shape index (κ1) is 12.0. The first-order chi connectivity index (χ1) is 10.2. The number of H-pyrrole nitrogens is 1. The Hall–Kier alpha value is -2.75. The highest BCUT2D eigenvalue weighted by Gasteiger charge is 2.22. The number of anilines is 1. The zero-order chi connectivity index (χ0) is 14.4. The molecular weight excluding hydrogens is 260 g/mol. The summed E-state index contributed by atoms with van der Waals surface area (Å²) < 4.78 is 0. The van der Waals surface area contributed by atoms with Crippen molar-refractivity contribution in [1.82, 2.24) is 9.97 Å². The third kappa shape index (κ3) is 1.80. The van der Waals surface area contributed by atoms with E-state index in [0.717, 1.165) is 45.9 Å². The maximum atomic E-state index is 6.40. The molecule has 0 fully saturated rings. The number of likely N-dealkylation sites (N-methyl/N-ethyl adjacent to an activating group) is 1. The van der Waals surface area contributed by atoms with Crippen LogP contribution in [0.25, 0.3) is 22.3 Å². The highest BCUT2D eigenvalue weighted by molar-refractivity contribution is 5.97. The van der Waals surface area contributed by atoms with Crippen LogP contribution in [0, 0.1) is 0 Å². The number of imidazole rings is 1. The van der Waals surface area contributed by atoms with Gasteiger partial charge in [0.25, 0.3) is 0 Å². The van der Waals surface area contributed by atoms with E-state index in [4.69, 9.17) is 5.73 Å². The Morgan fingerprint density at radius 2 is 1.86 bits per heavy atom. The fraction of sp³-hybridized carbons (Fsp3) is 0.118. The van der Waals surface area contributed by atoms with Crippen LogP contribution in [-0.2, 0) is 0 Å². The SMILES string of the molecule is CN1CC(c2nc3ccccc3[nH]2)=C(N)c2ccccc21. The quantitative estimate of drug-likeness (QED) is 0.718. The summed E-state index contributed by atoms with van der Waals surface area (Å²) in [6.45, 7) is 0.753. The highest BCUT2D eigenvalue weighted by Crippen LogP contribution is 2.34. The molecule has 1 aliphatic rings. The number of hydrogen-bond acceptors (Lipinski definition) is 3. The van der Waals surface area contributed by atoms with Crippen LogP contribution in [0.3, 0.4) is 0 Å². The number of aromatic amines is 1. The van der Waals surface area contributed by atoms with Crippen molar-refractivity contribution in [1.29, 1.82) is 0 Å². The van der Waals surface area contributed by atoms with Crippen LogP contribution in [0.2, 0.25) is 0 Å². The van der Waals surface area contributed by atoms with Crippen LogP contribution in [0.15, 0.2) is 48.5 Å². The fourth-order valence-corrected chi connectivity index (χ4v) is 2.90. The standard InChI is InChI=1S/C17H16N4/c1-21-10-12(16(18)11-6-2-5-9-15(11)21)17-19-13-7-3-4-8-14(13)20-17/h2-9H,10,18H2,1H3,(H,19,20). The van der Waals surface area contributed by atoms with Gasteiger partial charge in [-0.2, -0.15) is 0 Å². The number of para-hydroxylation sites is 3. The summed E-state index contributed by atoms with van der Waals surface area (Å²) >= 11 is 0. The number of hydrogen-bond donors (Lipinski definition) is 2. The van der Waals surface area contributed by atoms with Crippen molar-refractivity contribution in [2.24, 2.45) is 5.73 Å². The second-order valence-corrected chi connectivity index (χ2v) is 5.37. The Morgan fingerprint density at radius 3 is 2.71 bits per heavy atom.